The van der Waals surface area contributed by atoms with Gasteiger partial charge in [-0.2, -0.15) is 0 Å². The fourth-order valence-electron chi connectivity index (χ4n) is 1.77. The Morgan fingerprint density at radius 1 is 1.20 bits per heavy atom. The number of anilines is 1. The first-order valence-corrected chi connectivity index (χ1v) is 7.49. The Labute approximate surface area is 118 Å². The Kier molecular flexibility index (Phi) is 4.33. The third kappa shape index (κ3) is 3.13. The maximum Gasteiger partial charge on any atom is 0.244 e. The zero-order valence-electron chi connectivity index (χ0n) is 11.0. The molecule has 0 saturated heterocycles. The Balaban J connectivity index is 2.22. The van der Waals surface area contributed by atoms with E-state index in [0.717, 1.165) is 11.1 Å². The predicted octanol–water partition coefficient (Wildman–Crippen LogP) is 1.15. The van der Waals surface area contributed by atoms with Crippen LogP contribution in [-0.2, 0) is 16.6 Å². The van der Waals surface area contributed by atoms with E-state index in [2.05, 4.69) is 15.1 Å². The van der Waals surface area contributed by atoms with E-state index in [1.54, 1.807) is 6.07 Å². The van der Waals surface area contributed by atoms with Crippen molar-refractivity contribution in [2.75, 3.05) is 5.43 Å². The molecule has 0 radical (unpaired) electrons. The predicted molar refractivity (Wildman–Crippen MR) is 77.3 cm³/mol. The number of pyridine rings is 1. The second-order valence-electron chi connectivity index (χ2n) is 4.25. The van der Waals surface area contributed by atoms with Gasteiger partial charge in [-0.1, -0.05) is 24.3 Å². The standard InChI is InChI=1S/C13H16N4O2S/c1-10-5-2-3-6-11(10)9-16-20(18,19)12-7-4-8-15-13(12)17-14/h2-8,16H,9,14H2,1H3,(H,15,17). The molecule has 0 aliphatic rings. The zero-order chi connectivity index (χ0) is 14.6. The van der Waals surface area contributed by atoms with Crippen LogP contribution in [0.15, 0.2) is 47.5 Å². The quantitative estimate of drug-likeness (QED) is 0.567. The number of benzene rings is 1. The summed E-state index contributed by atoms with van der Waals surface area (Å²) < 4.78 is 27.0. The van der Waals surface area contributed by atoms with Crippen molar-refractivity contribution < 1.29 is 8.42 Å². The molecule has 0 saturated carbocycles. The Bertz CT molecular complexity index is 701. The van der Waals surface area contributed by atoms with Crippen molar-refractivity contribution in [3.63, 3.8) is 0 Å². The summed E-state index contributed by atoms with van der Waals surface area (Å²) in [5.41, 5.74) is 4.23. The van der Waals surface area contributed by atoms with Gasteiger partial charge in [0.1, 0.15) is 4.90 Å². The maximum atomic E-state index is 12.2. The highest BCUT2D eigenvalue weighted by molar-refractivity contribution is 7.89. The van der Waals surface area contributed by atoms with E-state index in [1.807, 2.05) is 31.2 Å². The highest BCUT2D eigenvalue weighted by atomic mass is 32.2. The van der Waals surface area contributed by atoms with Crippen molar-refractivity contribution in [2.45, 2.75) is 18.4 Å². The summed E-state index contributed by atoms with van der Waals surface area (Å²) in [4.78, 5) is 3.90. The summed E-state index contributed by atoms with van der Waals surface area (Å²) in [7, 11) is -3.67. The number of nitrogen functional groups attached to an aromatic ring is 1. The molecule has 6 nitrogen and oxygen atoms in total. The van der Waals surface area contributed by atoms with E-state index >= 15 is 0 Å². The molecule has 4 N–H and O–H groups in total. The number of hydrazine groups is 1. The van der Waals surface area contributed by atoms with Crippen LogP contribution in [0.25, 0.3) is 0 Å². The number of aromatic nitrogens is 1. The number of sulfonamides is 1. The monoisotopic (exact) mass is 292 g/mol. The van der Waals surface area contributed by atoms with Crippen LogP contribution in [0.1, 0.15) is 11.1 Å². The van der Waals surface area contributed by atoms with Crippen molar-refractivity contribution in [3.05, 3.63) is 53.7 Å². The summed E-state index contributed by atoms with van der Waals surface area (Å²) in [5.74, 6) is 5.39. The fraction of sp³-hybridized carbons (Fsp3) is 0.154. The Morgan fingerprint density at radius 3 is 2.65 bits per heavy atom. The van der Waals surface area contributed by atoms with Crippen molar-refractivity contribution in [1.29, 1.82) is 0 Å². The van der Waals surface area contributed by atoms with E-state index in [-0.39, 0.29) is 17.3 Å². The van der Waals surface area contributed by atoms with Crippen LogP contribution >= 0.6 is 0 Å². The summed E-state index contributed by atoms with van der Waals surface area (Å²) in [6, 6.07) is 10.6. The SMILES string of the molecule is Cc1ccccc1CNS(=O)(=O)c1cccnc1NN. The van der Waals surface area contributed by atoms with Gasteiger partial charge >= 0.3 is 0 Å². The smallest absolute Gasteiger partial charge is 0.244 e. The van der Waals surface area contributed by atoms with E-state index in [0.29, 0.717) is 0 Å². The van der Waals surface area contributed by atoms with Crippen molar-refractivity contribution in [3.8, 4) is 0 Å². The first kappa shape index (κ1) is 14.4. The zero-order valence-corrected chi connectivity index (χ0v) is 11.8. The molecule has 0 aliphatic carbocycles. The van der Waals surface area contributed by atoms with Crippen molar-refractivity contribution in [2.24, 2.45) is 5.84 Å². The molecule has 2 aromatic rings. The van der Waals surface area contributed by atoms with Gasteiger partial charge in [-0.15, -0.1) is 0 Å². The van der Waals surface area contributed by atoms with Gasteiger partial charge in [-0.05, 0) is 30.2 Å². The molecule has 1 aromatic heterocycles. The summed E-state index contributed by atoms with van der Waals surface area (Å²) in [6.45, 7) is 2.15. The van der Waals surface area contributed by atoms with Gasteiger partial charge in [-0.25, -0.2) is 24.0 Å². The van der Waals surface area contributed by atoms with Gasteiger partial charge in [0.05, 0.1) is 0 Å². The molecule has 0 amide bonds. The van der Waals surface area contributed by atoms with Crippen LogP contribution in [0, 0.1) is 6.92 Å². The van der Waals surface area contributed by atoms with Crippen LogP contribution in [0.4, 0.5) is 5.82 Å². The lowest BCUT2D eigenvalue weighted by Crippen LogP contribution is -2.25. The Morgan fingerprint density at radius 2 is 1.95 bits per heavy atom. The number of hydrogen-bond acceptors (Lipinski definition) is 5. The minimum absolute atomic E-state index is 0.0242. The number of aryl methyl sites for hydroxylation is 1. The van der Waals surface area contributed by atoms with Crippen LogP contribution in [-0.4, -0.2) is 13.4 Å². The van der Waals surface area contributed by atoms with Crippen molar-refractivity contribution in [1.82, 2.24) is 9.71 Å². The molecule has 0 unspecified atom stereocenters. The lowest BCUT2D eigenvalue weighted by Gasteiger charge is -2.11. The van der Waals surface area contributed by atoms with E-state index in [9.17, 15) is 8.42 Å². The second kappa shape index (κ2) is 6.00. The second-order valence-corrected chi connectivity index (χ2v) is 5.98. The molecule has 0 atom stereocenters. The average molecular weight is 292 g/mol. The molecule has 1 heterocycles. The van der Waals surface area contributed by atoms with E-state index < -0.39 is 10.0 Å². The number of nitrogens with two attached hydrogens (primary N) is 1. The van der Waals surface area contributed by atoms with Gasteiger partial charge in [0.15, 0.2) is 5.82 Å². The first-order chi connectivity index (χ1) is 9.54. The van der Waals surface area contributed by atoms with Gasteiger partial charge in [0.25, 0.3) is 0 Å². The number of hydrogen-bond donors (Lipinski definition) is 3. The average Bonchev–Trinajstić information content (AvgIpc) is 2.46. The Hall–Kier alpha value is -1.96. The molecule has 0 aliphatic heterocycles. The molecule has 106 valence electrons. The molecule has 20 heavy (non-hydrogen) atoms. The van der Waals surface area contributed by atoms with Gasteiger partial charge in [0.2, 0.25) is 10.0 Å². The summed E-state index contributed by atoms with van der Waals surface area (Å²) in [5, 5.41) is 0. The van der Waals surface area contributed by atoms with E-state index in [1.165, 1.54) is 12.3 Å². The topological polar surface area (TPSA) is 97.1 Å². The van der Waals surface area contributed by atoms with Crippen LogP contribution in [0.3, 0.4) is 0 Å². The van der Waals surface area contributed by atoms with Gasteiger partial charge < -0.3 is 5.43 Å². The van der Waals surface area contributed by atoms with Gasteiger partial charge in [-0.3, -0.25) is 0 Å². The maximum absolute atomic E-state index is 12.2. The van der Waals surface area contributed by atoms with E-state index in [4.69, 9.17) is 5.84 Å². The van der Waals surface area contributed by atoms with Crippen molar-refractivity contribution >= 4 is 15.8 Å². The summed E-state index contributed by atoms with van der Waals surface area (Å²) in [6.07, 6.45) is 1.47. The third-order valence-electron chi connectivity index (χ3n) is 2.91. The minimum atomic E-state index is -3.67. The summed E-state index contributed by atoms with van der Waals surface area (Å²) >= 11 is 0. The minimum Gasteiger partial charge on any atom is -0.307 e. The molecular formula is C13H16N4O2S. The van der Waals surface area contributed by atoms with Crippen LogP contribution in [0.2, 0.25) is 0 Å². The molecule has 7 heteroatoms. The lowest BCUT2D eigenvalue weighted by molar-refractivity contribution is 0.581. The lowest BCUT2D eigenvalue weighted by atomic mass is 10.1. The molecule has 0 bridgehead atoms. The molecule has 0 fully saturated rings. The molecular weight excluding hydrogens is 276 g/mol. The first-order valence-electron chi connectivity index (χ1n) is 6.00. The normalized spacial score (nSPS) is 11.3. The van der Waals surface area contributed by atoms with Crippen LogP contribution < -0.4 is 16.0 Å². The number of nitrogens with zero attached hydrogens (tertiary/aromatic N) is 1. The fourth-order valence-corrected chi connectivity index (χ4v) is 2.90. The number of rotatable bonds is 5. The number of nitrogens with one attached hydrogen (secondary N) is 2. The highest BCUT2D eigenvalue weighted by Gasteiger charge is 2.18. The molecule has 1 aromatic carbocycles. The highest BCUT2D eigenvalue weighted by Crippen LogP contribution is 2.17. The van der Waals surface area contributed by atoms with Gasteiger partial charge in [0, 0.05) is 12.7 Å². The molecule has 0 spiro atoms. The largest absolute Gasteiger partial charge is 0.307 e. The third-order valence-corrected chi connectivity index (χ3v) is 4.34. The van der Waals surface area contributed by atoms with Crippen LogP contribution in [0.5, 0.6) is 0 Å². The molecule has 2 rings (SSSR count).